The van der Waals surface area contributed by atoms with E-state index in [1.54, 1.807) is 19.1 Å². The van der Waals surface area contributed by atoms with E-state index in [4.69, 9.17) is 6.85 Å². The highest BCUT2D eigenvalue weighted by atomic mass is 35.5. The van der Waals surface area contributed by atoms with Crippen molar-refractivity contribution < 1.29 is 12.0 Å². The van der Waals surface area contributed by atoms with Gasteiger partial charge in [0.25, 0.3) is 0 Å². The first-order chi connectivity index (χ1) is 8.54. The highest BCUT2D eigenvalue weighted by Crippen LogP contribution is 2.16. The average Bonchev–Trinajstić information content (AvgIpc) is 2.27. The monoisotopic (exact) mass is 234 g/mol. The highest BCUT2D eigenvalue weighted by Gasteiger charge is 2.14. The van der Waals surface area contributed by atoms with Gasteiger partial charge in [0.2, 0.25) is 0 Å². The summed E-state index contributed by atoms with van der Waals surface area (Å²) < 4.78 is 36.3. The quantitative estimate of drug-likeness (QED) is 0.839. The number of aliphatic hydroxyl groups excluding tert-OH is 1. The van der Waals surface area contributed by atoms with E-state index in [0.29, 0.717) is 5.56 Å². The third kappa shape index (κ3) is 4.20. The SMILES string of the molecule is Cl.[2H]C([2H])([2H])C([2H])([2H])NC(C)C(O)c1ccc(C)cc1. The third-order valence-corrected chi connectivity index (χ3v) is 2.19. The van der Waals surface area contributed by atoms with Crippen LogP contribution < -0.4 is 5.32 Å². The van der Waals surface area contributed by atoms with Gasteiger partial charge in [-0.25, -0.2) is 0 Å². The zero-order valence-corrected chi connectivity index (χ0v) is 9.64. The Balaban J connectivity index is 0.00000361. The van der Waals surface area contributed by atoms with E-state index in [2.05, 4.69) is 5.32 Å². The number of benzene rings is 1. The van der Waals surface area contributed by atoms with Crippen LogP contribution in [0.4, 0.5) is 0 Å². The van der Waals surface area contributed by atoms with Crippen molar-refractivity contribution in [1.29, 1.82) is 0 Å². The molecule has 1 aromatic rings. The van der Waals surface area contributed by atoms with Gasteiger partial charge in [0.05, 0.1) is 6.10 Å². The summed E-state index contributed by atoms with van der Waals surface area (Å²) in [6, 6.07) is 6.43. The Bertz CT molecular complexity index is 421. The lowest BCUT2D eigenvalue weighted by atomic mass is 10.0. The summed E-state index contributed by atoms with van der Waals surface area (Å²) in [6.07, 6.45) is -0.974. The standard InChI is InChI=1S/C12H19NO.ClH/c1-4-13-10(3)12(14)11-7-5-9(2)6-8-11;/h5-8,10,12-14H,4H2,1-3H3;1H/i1D3,4D2;. The molecule has 0 heterocycles. The van der Waals surface area contributed by atoms with Crippen LogP contribution in [0.15, 0.2) is 24.3 Å². The molecule has 0 saturated heterocycles. The van der Waals surface area contributed by atoms with Gasteiger partial charge < -0.3 is 10.4 Å². The van der Waals surface area contributed by atoms with Crippen LogP contribution in [0.5, 0.6) is 0 Å². The Morgan fingerprint density at radius 2 is 2.07 bits per heavy atom. The van der Waals surface area contributed by atoms with Crippen LogP contribution in [-0.2, 0) is 0 Å². The van der Waals surface area contributed by atoms with Crippen molar-refractivity contribution in [2.75, 3.05) is 6.50 Å². The van der Waals surface area contributed by atoms with Gasteiger partial charge in [-0.2, -0.15) is 0 Å². The molecular formula is C12H20ClNO. The predicted molar refractivity (Wildman–Crippen MR) is 66.5 cm³/mol. The van der Waals surface area contributed by atoms with E-state index >= 15 is 0 Å². The second-order valence-corrected chi connectivity index (χ2v) is 3.41. The Morgan fingerprint density at radius 1 is 1.47 bits per heavy atom. The lowest BCUT2D eigenvalue weighted by Gasteiger charge is -2.19. The van der Waals surface area contributed by atoms with Crippen LogP contribution in [-0.4, -0.2) is 17.6 Å². The van der Waals surface area contributed by atoms with Crippen LogP contribution in [0, 0.1) is 6.92 Å². The fraction of sp³-hybridized carbons (Fsp3) is 0.500. The van der Waals surface area contributed by atoms with Gasteiger partial charge >= 0.3 is 0 Å². The summed E-state index contributed by atoms with van der Waals surface area (Å²) in [7, 11) is 0. The molecule has 0 saturated carbocycles. The van der Waals surface area contributed by atoms with Crippen molar-refractivity contribution in [3.63, 3.8) is 0 Å². The zero-order chi connectivity index (χ0) is 14.8. The molecule has 2 nitrogen and oxygen atoms in total. The summed E-state index contributed by atoms with van der Waals surface area (Å²) in [6.45, 7) is -1.86. The number of aryl methyl sites for hydroxylation is 1. The molecule has 1 aromatic carbocycles. The molecule has 3 heteroatoms. The first kappa shape index (κ1) is 7.66. The van der Waals surface area contributed by atoms with Gasteiger partial charge in [-0.15, -0.1) is 12.4 Å². The third-order valence-electron chi connectivity index (χ3n) is 2.19. The number of likely N-dealkylation sites (N-methyl/N-ethyl adjacent to an activating group) is 1. The Labute approximate surface area is 105 Å². The molecule has 86 valence electrons. The molecule has 0 spiro atoms. The van der Waals surface area contributed by atoms with Gasteiger partial charge in [-0.1, -0.05) is 36.7 Å². The minimum atomic E-state index is -2.78. The van der Waals surface area contributed by atoms with Crippen molar-refractivity contribution in [3.8, 4) is 0 Å². The second-order valence-electron chi connectivity index (χ2n) is 3.41. The molecule has 0 aliphatic heterocycles. The van der Waals surface area contributed by atoms with Crippen LogP contribution in [0.1, 0.15) is 37.9 Å². The van der Waals surface area contributed by atoms with Crippen molar-refractivity contribution >= 4 is 12.4 Å². The van der Waals surface area contributed by atoms with Gasteiger partial charge in [0, 0.05) is 12.9 Å². The molecule has 2 atom stereocenters. The molecule has 0 aliphatic carbocycles. The predicted octanol–water partition coefficient (Wildman–Crippen LogP) is 2.45. The molecular weight excluding hydrogens is 210 g/mol. The van der Waals surface area contributed by atoms with E-state index in [-0.39, 0.29) is 12.4 Å². The molecule has 0 fully saturated rings. The van der Waals surface area contributed by atoms with Crippen LogP contribution in [0.2, 0.25) is 0 Å². The summed E-state index contributed by atoms with van der Waals surface area (Å²) in [4.78, 5) is 0. The molecule has 1 rings (SSSR count). The second kappa shape index (κ2) is 6.83. The maximum Gasteiger partial charge on any atom is 0.0940 e. The van der Waals surface area contributed by atoms with Crippen molar-refractivity contribution in [2.24, 2.45) is 0 Å². The summed E-state index contributed by atoms with van der Waals surface area (Å²) in [5.74, 6) is 0. The normalized spacial score (nSPS) is 20.9. The Morgan fingerprint density at radius 3 is 2.60 bits per heavy atom. The molecule has 2 unspecified atom stereocenters. The molecule has 0 radical (unpaired) electrons. The van der Waals surface area contributed by atoms with Crippen LogP contribution >= 0.6 is 12.4 Å². The lowest BCUT2D eigenvalue weighted by Crippen LogP contribution is -2.31. The smallest absolute Gasteiger partial charge is 0.0940 e. The minimum Gasteiger partial charge on any atom is -0.387 e. The van der Waals surface area contributed by atoms with E-state index in [0.717, 1.165) is 5.56 Å². The van der Waals surface area contributed by atoms with Gasteiger partial charge in [-0.05, 0) is 25.9 Å². The van der Waals surface area contributed by atoms with Gasteiger partial charge in [0.15, 0.2) is 0 Å². The highest BCUT2D eigenvalue weighted by molar-refractivity contribution is 5.85. The van der Waals surface area contributed by atoms with Gasteiger partial charge in [0.1, 0.15) is 0 Å². The summed E-state index contributed by atoms with van der Waals surface area (Å²) in [5.41, 5.74) is 1.67. The Kier molecular flexibility index (Phi) is 3.49. The average molecular weight is 235 g/mol. The van der Waals surface area contributed by atoms with E-state index < -0.39 is 25.5 Å². The van der Waals surface area contributed by atoms with E-state index in [1.807, 2.05) is 19.1 Å². The first-order valence-electron chi connectivity index (χ1n) is 7.07. The fourth-order valence-corrected chi connectivity index (χ4v) is 1.25. The number of aliphatic hydroxyl groups is 1. The maximum absolute atomic E-state index is 10.1. The first-order valence-corrected chi connectivity index (χ1v) is 4.57. The van der Waals surface area contributed by atoms with Crippen LogP contribution in [0.3, 0.4) is 0 Å². The van der Waals surface area contributed by atoms with Crippen molar-refractivity contribution in [2.45, 2.75) is 32.8 Å². The van der Waals surface area contributed by atoms with Crippen LogP contribution in [0.25, 0.3) is 0 Å². The number of halogens is 1. The van der Waals surface area contributed by atoms with Crippen molar-refractivity contribution in [1.82, 2.24) is 5.32 Å². The largest absolute Gasteiger partial charge is 0.387 e. The Hall–Kier alpha value is -0.570. The topological polar surface area (TPSA) is 32.3 Å². The van der Waals surface area contributed by atoms with E-state index in [9.17, 15) is 5.11 Å². The molecule has 0 aromatic heterocycles. The van der Waals surface area contributed by atoms with Crippen molar-refractivity contribution in [3.05, 3.63) is 35.4 Å². The molecule has 0 bridgehead atoms. The fourth-order valence-electron chi connectivity index (χ4n) is 1.25. The molecule has 15 heavy (non-hydrogen) atoms. The summed E-state index contributed by atoms with van der Waals surface area (Å²) in [5, 5.41) is 12.4. The number of rotatable bonds is 4. The number of hydrogen-bond acceptors (Lipinski definition) is 2. The van der Waals surface area contributed by atoms with E-state index in [1.165, 1.54) is 0 Å². The zero-order valence-electron chi connectivity index (χ0n) is 13.8. The minimum absolute atomic E-state index is 0. The molecule has 0 amide bonds. The number of nitrogens with one attached hydrogen (secondary N) is 1. The lowest BCUT2D eigenvalue weighted by molar-refractivity contribution is 0.137. The number of hydrogen-bond donors (Lipinski definition) is 2. The summed E-state index contributed by atoms with van der Waals surface area (Å²) >= 11 is 0. The maximum atomic E-state index is 10.1. The molecule has 0 aliphatic rings. The van der Waals surface area contributed by atoms with Gasteiger partial charge in [-0.3, -0.25) is 0 Å². The molecule has 2 N–H and O–H groups in total.